The van der Waals surface area contributed by atoms with Gasteiger partial charge in [0.1, 0.15) is 11.3 Å². The molecule has 1 heterocycles. The highest BCUT2D eigenvalue weighted by molar-refractivity contribution is 6.32. The van der Waals surface area contributed by atoms with Crippen molar-refractivity contribution in [1.29, 1.82) is 0 Å². The van der Waals surface area contributed by atoms with Crippen LogP contribution < -0.4 is 10.4 Å². The van der Waals surface area contributed by atoms with E-state index in [9.17, 15) is 9.59 Å². The number of esters is 1. The van der Waals surface area contributed by atoms with Gasteiger partial charge in [0.2, 0.25) is 0 Å². The molecule has 1 aromatic carbocycles. The second-order valence-corrected chi connectivity index (χ2v) is 6.02. The highest BCUT2D eigenvalue weighted by Gasteiger charge is 2.21. The Labute approximate surface area is 138 Å². The number of aryl methyl sites for hydroxylation is 1. The van der Waals surface area contributed by atoms with Crippen molar-refractivity contribution in [3.05, 3.63) is 38.7 Å². The van der Waals surface area contributed by atoms with Crippen LogP contribution in [0.25, 0.3) is 11.0 Å². The Balaban J connectivity index is 2.08. The number of carbonyl (C=O) groups is 1. The first-order valence-corrected chi connectivity index (χ1v) is 7.91. The molecule has 0 bridgehead atoms. The van der Waals surface area contributed by atoms with Crippen molar-refractivity contribution < 1.29 is 18.7 Å². The SMILES string of the molecule is COC(=O)C(C)Oc1cc2oc(=O)c3c(c2cc1Cl)CCCC3. The maximum Gasteiger partial charge on any atom is 0.346 e. The molecule has 6 heteroatoms. The van der Waals surface area contributed by atoms with Crippen LogP contribution in [-0.2, 0) is 22.4 Å². The molecule has 0 fully saturated rings. The molecular weight excluding hydrogens is 320 g/mol. The lowest BCUT2D eigenvalue weighted by Gasteiger charge is -2.18. The number of rotatable bonds is 3. The molecule has 0 N–H and O–H groups in total. The summed E-state index contributed by atoms with van der Waals surface area (Å²) < 4.78 is 15.6. The lowest BCUT2D eigenvalue weighted by Crippen LogP contribution is -2.25. The molecule has 1 aliphatic carbocycles. The molecule has 23 heavy (non-hydrogen) atoms. The van der Waals surface area contributed by atoms with Crippen LogP contribution in [0.5, 0.6) is 5.75 Å². The maximum atomic E-state index is 12.1. The van der Waals surface area contributed by atoms with Crippen LogP contribution in [0.1, 0.15) is 30.9 Å². The predicted molar refractivity (Wildman–Crippen MR) is 86.2 cm³/mol. The fourth-order valence-corrected chi connectivity index (χ4v) is 3.15. The number of carbonyl (C=O) groups excluding carboxylic acids is 1. The zero-order valence-corrected chi connectivity index (χ0v) is 13.7. The minimum atomic E-state index is -0.806. The van der Waals surface area contributed by atoms with Gasteiger partial charge in [-0.1, -0.05) is 11.6 Å². The molecule has 1 unspecified atom stereocenters. The molecule has 0 amide bonds. The molecule has 1 atom stereocenters. The van der Waals surface area contributed by atoms with E-state index in [0.717, 1.165) is 42.2 Å². The van der Waals surface area contributed by atoms with Gasteiger partial charge < -0.3 is 13.9 Å². The summed E-state index contributed by atoms with van der Waals surface area (Å²) >= 11 is 6.28. The molecule has 122 valence electrons. The average Bonchev–Trinajstić information content (AvgIpc) is 2.56. The average molecular weight is 337 g/mol. The summed E-state index contributed by atoms with van der Waals surface area (Å²) in [6.45, 7) is 1.56. The van der Waals surface area contributed by atoms with Crippen LogP contribution >= 0.6 is 11.6 Å². The predicted octanol–water partition coefficient (Wildman–Crippen LogP) is 3.27. The van der Waals surface area contributed by atoms with Crippen LogP contribution in [0.3, 0.4) is 0 Å². The van der Waals surface area contributed by atoms with Gasteiger partial charge in [0.05, 0.1) is 12.1 Å². The van der Waals surface area contributed by atoms with E-state index >= 15 is 0 Å². The summed E-state index contributed by atoms with van der Waals surface area (Å²) in [4.78, 5) is 23.6. The summed E-state index contributed by atoms with van der Waals surface area (Å²) in [5.74, 6) is -0.218. The van der Waals surface area contributed by atoms with Crippen molar-refractivity contribution in [2.75, 3.05) is 7.11 Å². The maximum absolute atomic E-state index is 12.1. The third-order valence-corrected chi connectivity index (χ3v) is 4.41. The molecule has 0 saturated heterocycles. The van der Waals surface area contributed by atoms with Gasteiger partial charge in [-0.05, 0) is 44.2 Å². The minimum absolute atomic E-state index is 0.288. The van der Waals surface area contributed by atoms with Gasteiger partial charge in [-0.2, -0.15) is 0 Å². The molecule has 3 rings (SSSR count). The van der Waals surface area contributed by atoms with E-state index < -0.39 is 12.1 Å². The first kappa shape index (κ1) is 15.9. The van der Waals surface area contributed by atoms with Gasteiger partial charge >= 0.3 is 11.6 Å². The molecule has 0 radical (unpaired) electrons. The zero-order valence-electron chi connectivity index (χ0n) is 13.0. The fourth-order valence-electron chi connectivity index (χ4n) is 2.94. The van der Waals surface area contributed by atoms with E-state index in [1.807, 2.05) is 0 Å². The highest BCUT2D eigenvalue weighted by atomic mass is 35.5. The molecule has 1 aliphatic rings. The van der Waals surface area contributed by atoms with Gasteiger partial charge in [0.15, 0.2) is 6.10 Å². The fraction of sp³-hybridized carbons (Fsp3) is 0.412. The molecule has 0 aliphatic heterocycles. The molecule has 0 spiro atoms. The van der Waals surface area contributed by atoms with Crippen molar-refractivity contribution in [3.63, 3.8) is 0 Å². The number of ether oxygens (including phenoxy) is 2. The highest BCUT2D eigenvalue weighted by Crippen LogP contribution is 2.34. The third kappa shape index (κ3) is 2.93. The molecule has 0 saturated carbocycles. The number of methoxy groups -OCH3 is 1. The van der Waals surface area contributed by atoms with Crippen molar-refractivity contribution in [1.82, 2.24) is 0 Å². The number of hydrogen-bond donors (Lipinski definition) is 0. The Bertz CT molecular complexity index is 824. The second kappa shape index (κ2) is 6.24. The Morgan fingerprint density at radius 3 is 2.65 bits per heavy atom. The van der Waals surface area contributed by atoms with E-state index in [2.05, 4.69) is 4.74 Å². The van der Waals surface area contributed by atoms with Crippen molar-refractivity contribution in [3.8, 4) is 5.75 Å². The van der Waals surface area contributed by atoms with E-state index in [1.54, 1.807) is 19.1 Å². The number of hydrogen-bond acceptors (Lipinski definition) is 5. The van der Waals surface area contributed by atoms with E-state index in [4.69, 9.17) is 20.8 Å². The second-order valence-electron chi connectivity index (χ2n) is 5.62. The summed E-state index contributed by atoms with van der Waals surface area (Å²) in [6, 6.07) is 3.30. The monoisotopic (exact) mass is 336 g/mol. The summed E-state index contributed by atoms with van der Waals surface area (Å²) in [7, 11) is 1.29. The number of halogens is 1. The first-order valence-electron chi connectivity index (χ1n) is 7.54. The van der Waals surface area contributed by atoms with Crippen LogP contribution in [0.15, 0.2) is 21.3 Å². The lowest BCUT2D eigenvalue weighted by molar-refractivity contribution is -0.147. The summed E-state index contributed by atoms with van der Waals surface area (Å²) in [5.41, 5.74) is 1.88. The van der Waals surface area contributed by atoms with Crippen molar-refractivity contribution in [2.24, 2.45) is 0 Å². The van der Waals surface area contributed by atoms with Crippen molar-refractivity contribution >= 4 is 28.5 Å². The zero-order chi connectivity index (χ0) is 16.6. The van der Waals surface area contributed by atoms with E-state index in [1.165, 1.54) is 7.11 Å². The van der Waals surface area contributed by atoms with Gasteiger partial charge in [0, 0.05) is 17.0 Å². The third-order valence-electron chi connectivity index (χ3n) is 4.11. The van der Waals surface area contributed by atoms with Crippen LogP contribution in [0, 0.1) is 0 Å². The van der Waals surface area contributed by atoms with Gasteiger partial charge in [-0.15, -0.1) is 0 Å². The topological polar surface area (TPSA) is 65.7 Å². The van der Waals surface area contributed by atoms with Crippen molar-refractivity contribution in [2.45, 2.75) is 38.7 Å². The normalized spacial score (nSPS) is 15.1. The van der Waals surface area contributed by atoms with Gasteiger partial charge in [-0.3, -0.25) is 0 Å². The quantitative estimate of drug-likeness (QED) is 0.635. The standard InChI is InChI=1S/C17H17ClO5/c1-9(16(19)21-2)22-15-8-14-12(7-13(15)18)10-5-3-4-6-11(10)17(20)23-14/h7-9H,3-6H2,1-2H3. The Morgan fingerprint density at radius 1 is 1.26 bits per heavy atom. The summed E-state index contributed by atoms with van der Waals surface area (Å²) in [6.07, 6.45) is 2.81. The smallest absolute Gasteiger partial charge is 0.346 e. The molecule has 1 aromatic heterocycles. The van der Waals surface area contributed by atoms with Crippen LogP contribution in [-0.4, -0.2) is 19.2 Å². The van der Waals surface area contributed by atoms with E-state index in [-0.39, 0.29) is 11.4 Å². The van der Waals surface area contributed by atoms with Gasteiger partial charge in [-0.25, -0.2) is 9.59 Å². The molecular formula is C17H17ClO5. The van der Waals surface area contributed by atoms with E-state index in [0.29, 0.717) is 10.6 Å². The Kier molecular flexibility index (Phi) is 4.31. The Hall–Kier alpha value is -2.01. The van der Waals surface area contributed by atoms with Crippen LogP contribution in [0.2, 0.25) is 5.02 Å². The van der Waals surface area contributed by atoms with Crippen LogP contribution in [0.4, 0.5) is 0 Å². The number of benzene rings is 1. The Morgan fingerprint density at radius 2 is 1.96 bits per heavy atom. The lowest BCUT2D eigenvalue weighted by atomic mass is 9.90. The largest absolute Gasteiger partial charge is 0.477 e. The minimum Gasteiger partial charge on any atom is -0.477 e. The molecule has 2 aromatic rings. The number of fused-ring (bicyclic) bond motifs is 3. The molecule has 5 nitrogen and oxygen atoms in total. The summed E-state index contributed by atoms with van der Waals surface area (Å²) in [5, 5.41) is 1.21. The van der Waals surface area contributed by atoms with Gasteiger partial charge in [0.25, 0.3) is 0 Å². The first-order chi connectivity index (χ1) is 11.0.